The molecule has 0 saturated heterocycles. The molecule has 0 aromatic rings. The van der Waals surface area contributed by atoms with E-state index in [2.05, 4.69) is 6.92 Å². The van der Waals surface area contributed by atoms with Crippen LogP contribution in [0.4, 0.5) is 0 Å². The fraction of sp³-hybridized carbons (Fsp3) is 1.00. The van der Waals surface area contributed by atoms with Gasteiger partial charge in [0.05, 0.1) is 6.10 Å². The van der Waals surface area contributed by atoms with Crippen molar-refractivity contribution in [3.63, 3.8) is 0 Å². The van der Waals surface area contributed by atoms with Crippen molar-refractivity contribution in [1.29, 1.82) is 0 Å². The highest BCUT2D eigenvalue weighted by Gasteiger charge is 2.51. The number of ether oxygens (including phenoxy) is 1. The van der Waals surface area contributed by atoms with Crippen LogP contribution in [-0.2, 0) is 4.74 Å². The van der Waals surface area contributed by atoms with Crippen LogP contribution in [0.25, 0.3) is 0 Å². The smallest absolute Gasteiger partial charge is 0.0605 e. The maximum Gasteiger partial charge on any atom is 0.0605 e. The van der Waals surface area contributed by atoms with E-state index >= 15 is 0 Å². The van der Waals surface area contributed by atoms with Crippen LogP contribution in [0.15, 0.2) is 0 Å². The number of hydrogen-bond acceptors (Lipinski definition) is 1. The molecule has 0 aromatic carbocycles. The van der Waals surface area contributed by atoms with Crippen LogP contribution >= 0.6 is 11.6 Å². The Labute approximate surface area is 92.2 Å². The summed E-state index contributed by atoms with van der Waals surface area (Å²) in [5, 5.41) is 0. The molecule has 2 aliphatic carbocycles. The van der Waals surface area contributed by atoms with Gasteiger partial charge in [0.25, 0.3) is 0 Å². The number of methoxy groups -OCH3 is 1. The SMILES string of the molecule is COC1CCCC1C1(CCl)CC(C)C1. The number of hydrogen-bond donors (Lipinski definition) is 0. The summed E-state index contributed by atoms with van der Waals surface area (Å²) < 4.78 is 5.58. The molecule has 0 heterocycles. The Balaban J connectivity index is 2.04. The van der Waals surface area contributed by atoms with Gasteiger partial charge in [-0.3, -0.25) is 0 Å². The van der Waals surface area contributed by atoms with Crippen LogP contribution in [0, 0.1) is 17.3 Å². The second-order valence-corrected chi connectivity index (χ2v) is 5.59. The predicted octanol–water partition coefficient (Wildman–Crippen LogP) is 3.46. The van der Waals surface area contributed by atoms with Crippen molar-refractivity contribution < 1.29 is 4.74 Å². The van der Waals surface area contributed by atoms with Gasteiger partial charge >= 0.3 is 0 Å². The van der Waals surface area contributed by atoms with Gasteiger partial charge in [-0.25, -0.2) is 0 Å². The van der Waals surface area contributed by atoms with Crippen molar-refractivity contribution >= 4 is 11.6 Å². The lowest BCUT2D eigenvalue weighted by atomic mass is 9.56. The largest absolute Gasteiger partial charge is 0.381 e. The average Bonchev–Trinajstić information content (AvgIpc) is 2.60. The van der Waals surface area contributed by atoms with E-state index in [-0.39, 0.29) is 0 Å². The summed E-state index contributed by atoms with van der Waals surface area (Å²) >= 11 is 6.17. The third-order valence-corrected chi connectivity index (χ3v) is 4.85. The number of halogens is 1. The van der Waals surface area contributed by atoms with Crippen LogP contribution in [-0.4, -0.2) is 19.1 Å². The zero-order chi connectivity index (χ0) is 10.2. The Bertz CT molecular complexity index is 198. The highest BCUT2D eigenvalue weighted by molar-refractivity contribution is 6.18. The molecular formula is C12H21ClO. The summed E-state index contributed by atoms with van der Waals surface area (Å²) in [4.78, 5) is 0. The van der Waals surface area contributed by atoms with E-state index in [1.165, 1.54) is 32.1 Å². The Morgan fingerprint density at radius 3 is 2.57 bits per heavy atom. The van der Waals surface area contributed by atoms with Crippen LogP contribution < -0.4 is 0 Å². The lowest BCUT2D eigenvalue weighted by Gasteiger charge is -2.51. The lowest BCUT2D eigenvalue weighted by molar-refractivity contribution is -0.0472. The number of rotatable bonds is 3. The standard InChI is InChI=1S/C12H21ClO/c1-9-6-12(7-9,8-13)10-4-3-5-11(10)14-2/h9-11H,3-8H2,1-2H3. The van der Waals surface area contributed by atoms with Crippen LogP contribution in [0.3, 0.4) is 0 Å². The maximum absolute atomic E-state index is 6.17. The quantitative estimate of drug-likeness (QED) is 0.657. The van der Waals surface area contributed by atoms with Crippen LogP contribution in [0.5, 0.6) is 0 Å². The minimum Gasteiger partial charge on any atom is -0.381 e. The van der Waals surface area contributed by atoms with E-state index in [0.29, 0.717) is 11.5 Å². The Morgan fingerprint density at radius 2 is 2.07 bits per heavy atom. The van der Waals surface area contributed by atoms with Crippen molar-refractivity contribution in [2.75, 3.05) is 13.0 Å². The summed E-state index contributed by atoms with van der Waals surface area (Å²) in [5.41, 5.74) is 0.429. The van der Waals surface area contributed by atoms with Gasteiger partial charge in [0.15, 0.2) is 0 Å². The number of alkyl halides is 1. The molecule has 0 aromatic heterocycles. The Morgan fingerprint density at radius 1 is 1.36 bits per heavy atom. The molecular weight excluding hydrogens is 196 g/mol. The highest BCUT2D eigenvalue weighted by Crippen LogP contribution is 2.56. The molecule has 0 aliphatic heterocycles. The first kappa shape index (κ1) is 10.8. The highest BCUT2D eigenvalue weighted by atomic mass is 35.5. The molecule has 1 nitrogen and oxygen atoms in total. The topological polar surface area (TPSA) is 9.23 Å². The van der Waals surface area contributed by atoms with Crippen molar-refractivity contribution in [2.45, 2.75) is 45.1 Å². The van der Waals surface area contributed by atoms with Gasteiger partial charge in [0.2, 0.25) is 0 Å². The normalized spacial score (nSPS) is 47.8. The molecule has 2 rings (SSSR count). The van der Waals surface area contributed by atoms with Crippen molar-refractivity contribution in [3.05, 3.63) is 0 Å². The third-order valence-electron chi connectivity index (χ3n) is 4.32. The molecule has 2 atom stereocenters. The first-order valence-corrected chi connectivity index (χ1v) is 6.34. The summed E-state index contributed by atoms with van der Waals surface area (Å²) in [5.74, 6) is 2.45. The summed E-state index contributed by atoms with van der Waals surface area (Å²) in [6, 6.07) is 0. The first-order chi connectivity index (χ1) is 6.72. The minimum atomic E-state index is 0.429. The molecule has 0 N–H and O–H groups in total. The molecule has 0 bridgehead atoms. The predicted molar refractivity (Wildman–Crippen MR) is 59.7 cm³/mol. The van der Waals surface area contributed by atoms with Gasteiger partial charge in [0, 0.05) is 13.0 Å². The molecule has 14 heavy (non-hydrogen) atoms. The Hall–Kier alpha value is 0.250. The zero-order valence-corrected chi connectivity index (χ0v) is 10.0. The molecule has 82 valence electrons. The monoisotopic (exact) mass is 216 g/mol. The van der Waals surface area contributed by atoms with Gasteiger partial charge in [-0.1, -0.05) is 13.3 Å². The Kier molecular flexibility index (Phi) is 3.09. The average molecular weight is 217 g/mol. The summed E-state index contributed by atoms with van der Waals surface area (Å²) in [6.07, 6.45) is 7.03. The van der Waals surface area contributed by atoms with Gasteiger partial charge in [0.1, 0.15) is 0 Å². The van der Waals surface area contributed by atoms with E-state index < -0.39 is 0 Å². The molecule has 2 aliphatic rings. The minimum absolute atomic E-state index is 0.429. The van der Waals surface area contributed by atoms with E-state index in [0.717, 1.165) is 17.7 Å². The van der Waals surface area contributed by atoms with E-state index in [9.17, 15) is 0 Å². The van der Waals surface area contributed by atoms with Crippen molar-refractivity contribution in [3.8, 4) is 0 Å². The zero-order valence-electron chi connectivity index (χ0n) is 9.26. The lowest BCUT2D eigenvalue weighted by Crippen LogP contribution is -2.47. The van der Waals surface area contributed by atoms with E-state index in [4.69, 9.17) is 16.3 Å². The fourth-order valence-corrected chi connectivity index (χ4v) is 4.16. The van der Waals surface area contributed by atoms with Crippen LogP contribution in [0.2, 0.25) is 0 Å². The van der Waals surface area contributed by atoms with Gasteiger partial charge in [-0.15, -0.1) is 11.6 Å². The first-order valence-electron chi connectivity index (χ1n) is 5.80. The second kappa shape index (κ2) is 4.02. The van der Waals surface area contributed by atoms with Gasteiger partial charge < -0.3 is 4.74 Å². The molecule has 2 unspecified atom stereocenters. The molecule has 0 spiro atoms. The summed E-state index contributed by atoms with van der Waals surface area (Å²) in [6.45, 7) is 2.33. The van der Waals surface area contributed by atoms with Crippen molar-refractivity contribution in [1.82, 2.24) is 0 Å². The maximum atomic E-state index is 6.17. The van der Waals surface area contributed by atoms with Gasteiger partial charge in [-0.2, -0.15) is 0 Å². The molecule has 2 fully saturated rings. The molecule has 2 saturated carbocycles. The third kappa shape index (κ3) is 1.59. The molecule has 2 heteroatoms. The second-order valence-electron chi connectivity index (χ2n) is 5.32. The molecule has 0 amide bonds. The van der Waals surface area contributed by atoms with Crippen molar-refractivity contribution in [2.24, 2.45) is 17.3 Å². The van der Waals surface area contributed by atoms with Crippen LogP contribution in [0.1, 0.15) is 39.0 Å². The van der Waals surface area contributed by atoms with E-state index in [1.54, 1.807) is 0 Å². The molecule has 0 radical (unpaired) electrons. The fourth-order valence-electron chi connectivity index (χ4n) is 3.75. The van der Waals surface area contributed by atoms with E-state index in [1.807, 2.05) is 7.11 Å². The summed E-state index contributed by atoms with van der Waals surface area (Å²) in [7, 11) is 1.85. The van der Waals surface area contributed by atoms with Gasteiger partial charge in [-0.05, 0) is 42.9 Å².